The highest BCUT2D eigenvalue weighted by atomic mass is 16.6. The molecule has 0 aliphatic rings. The van der Waals surface area contributed by atoms with Crippen molar-refractivity contribution in [1.82, 2.24) is 0 Å². The van der Waals surface area contributed by atoms with Gasteiger partial charge >= 0.3 is 17.9 Å². The minimum absolute atomic E-state index is 0.0680. The Morgan fingerprint density at radius 2 is 0.702 bits per heavy atom. The van der Waals surface area contributed by atoms with E-state index in [0.29, 0.717) is 19.3 Å². The number of hydrogen-bond donors (Lipinski definition) is 0. The summed E-state index contributed by atoms with van der Waals surface area (Å²) in [4.78, 5) is 37.2. The third-order valence-electron chi connectivity index (χ3n) is 8.97. The Labute approximate surface area is 291 Å². The summed E-state index contributed by atoms with van der Waals surface area (Å²) >= 11 is 0. The van der Waals surface area contributed by atoms with Crippen LogP contribution in [0.25, 0.3) is 0 Å². The molecule has 0 saturated carbocycles. The fourth-order valence-corrected chi connectivity index (χ4v) is 5.87. The van der Waals surface area contributed by atoms with Crippen LogP contribution in [0.1, 0.15) is 214 Å². The van der Waals surface area contributed by atoms with Crippen molar-refractivity contribution in [2.75, 3.05) is 13.2 Å². The first-order chi connectivity index (χ1) is 22.7. The van der Waals surface area contributed by atoms with Crippen LogP contribution in [0.15, 0.2) is 0 Å². The second-order valence-electron chi connectivity index (χ2n) is 14.9. The van der Waals surface area contributed by atoms with Gasteiger partial charge in [-0.2, -0.15) is 0 Å². The van der Waals surface area contributed by atoms with Crippen LogP contribution >= 0.6 is 0 Å². The Morgan fingerprint density at radius 1 is 0.404 bits per heavy atom. The van der Waals surface area contributed by atoms with E-state index in [2.05, 4.69) is 34.6 Å². The van der Waals surface area contributed by atoms with Crippen molar-refractivity contribution in [3.05, 3.63) is 0 Å². The summed E-state index contributed by atoms with van der Waals surface area (Å²) < 4.78 is 16.5. The van der Waals surface area contributed by atoms with Crippen molar-refractivity contribution in [3.8, 4) is 0 Å². The zero-order chi connectivity index (χ0) is 34.8. The fraction of sp³-hybridized carbons (Fsp3) is 0.927. The molecule has 0 rings (SSSR count). The first kappa shape index (κ1) is 45.4. The van der Waals surface area contributed by atoms with E-state index in [9.17, 15) is 14.4 Å². The summed E-state index contributed by atoms with van der Waals surface area (Å²) in [6.45, 7) is 11.2. The lowest BCUT2D eigenvalue weighted by atomic mass is 10.0. The lowest BCUT2D eigenvalue weighted by molar-refractivity contribution is -0.167. The van der Waals surface area contributed by atoms with Gasteiger partial charge in [0, 0.05) is 19.3 Å². The third kappa shape index (κ3) is 35.5. The first-order valence-corrected chi connectivity index (χ1v) is 20.2. The van der Waals surface area contributed by atoms with Crippen LogP contribution in [-0.2, 0) is 28.6 Å². The highest BCUT2D eigenvalue weighted by molar-refractivity contribution is 5.71. The normalized spacial score (nSPS) is 12.1. The van der Waals surface area contributed by atoms with E-state index in [1.54, 1.807) is 0 Å². The molecule has 47 heavy (non-hydrogen) atoms. The highest BCUT2D eigenvalue weighted by Gasteiger charge is 2.19. The maximum atomic E-state index is 12.6. The molecular formula is C41H78O6. The van der Waals surface area contributed by atoms with Gasteiger partial charge in [0.1, 0.15) is 13.2 Å². The molecule has 1 atom stereocenters. The molecule has 0 aromatic heterocycles. The second-order valence-corrected chi connectivity index (χ2v) is 14.9. The van der Waals surface area contributed by atoms with Crippen LogP contribution in [0.2, 0.25) is 0 Å². The van der Waals surface area contributed by atoms with Crippen molar-refractivity contribution >= 4 is 17.9 Å². The number of hydrogen-bond acceptors (Lipinski definition) is 6. The van der Waals surface area contributed by atoms with E-state index in [4.69, 9.17) is 14.2 Å². The van der Waals surface area contributed by atoms with Gasteiger partial charge in [-0.05, 0) is 31.1 Å². The van der Waals surface area contributed by atoms with E-state index in [1.165, 1.54) is 96.3 Å². The van der Waals surface area contributed by atoms with Gasteiger partial charge in [-0.25, -0.2) is 0 Å². The maximum Gasteiger partial charge on any atom is 0.306 e. The third-order valence-corrected chi connectivity index (χ3v) is 8.97. The Hall–Kier alpha value is -1.59. The Kier molecular flexibility index (Phi) is 33.1. The molecule has 6 heteroatoms. The minimum atomic E-state index is -0.758. The van der Waals surface area contributed by atoms with Crippen LogP contribution in [0.4, 0.5) is 0 Å². The molecule has 0 aromatic carbocycles. The van der Waals surface area contributed by atoms with Crippen LogP contribution in [0, 0.1) is 11.8 Å². The summed E-state index contributed by atoms with van der Waals surface area (Å²) in [5.74, 6) is 0.713. The number of unbranched alkanes of at least 4 members (excludes halogenated alkanes) is 20. The van der Waals surface area contributed by atoms with Crippen LogP contribution < -0.4 is 0 Å². The van der Waals surface area contributed by atoms with Gasteiger partial charge in [0.2, 0.25) is 0 Å². The SMILES string of the molecule is CCCCCCCC(=O)OC[C@@H](COC(=O)CCCCCCCCC(C)C)OC(=O)CCCCCCCCCCCCCCC(C)C. The molecule has 0 saturated heterocycles. The average molecular weight is 667 g/mol. The van der Waals surface area contributed by atoms with Crippen LogP contribution in [-0.4, -0.2) is 37.2 Å². The number of carbonyl (C=O) groups excluding carboxylic acids is 3. The van der Waals surface area contributed by atoms with Crippen molar-refractivity contribution in [3.63, 3.8) is 0 Å². The molecule has 0 unspecified atom stereocenters. The molecule has 0 aromatic rings. The van der Waals surface area contributed by atoms with Gasteiger partial charge in [-0.3, -0.25) is 14.4 Å². The van der Waals surface area contributed by atoms with E-state index in [0.717, 1.165) is 76.0 Å². The fourth-order valence-electron chi connectivity index (χ4n) is 5.87. The maximum absolute atomic E-state index is 12.6. The molecule has 0 amide bonds. The molecule has 0 heterocycles. The molecule has 6 nitrogen and oxygen atoms in total. The minimum Gasteiger partial charge on any atom is -0.462 e. The quantitative estimate of drug-likeness (QED) is 0.0380. The van der Waals surface area contributed by atoms with Gasteiger partial charge < -0.3 is 14.2 Å². The van der Waals surface area contributed by atoms with Crippen molar-refractivity contribution in [1.29, 1.82) is 0 Å². The predicted octanol–water partition coefficient (Wildman–Crippen LogP) is 12.2. The summed E-state index contributed by atoms with van der Waals surface area (Å²) in [5.41, 5.74) is 0. The van der Waals surface area contributed by atoms with Gasteiger partial charge in [0.05, 0.1) is 0 Å². The Morgan fingerprint density at radius 3 is 1.04 bits per heavy atom. The van der Waals surface area contributed by atoms with Crippen molar-refractivity contribution in [2.45, 2.75) is 221 Å². The van der Waals surface area contributed by atoms with Gasteiger partial charge in [0.15, 0.2) is 6.10 Å². The van der Waals surface area contributed by atoms with Gasteiger partial charge in [0.25, 0.3) is 0 Å². The highest BCUT2D eigenvalue weighted by Crippen LogP contribution is 2.16. The molecule has 0 N–H and O–H groups in total. The molecule has 0 spiro atoms. The van der Waals surface area contributed by atoms with Gasteiger partial charge in [-0.15, -0.1) is 0 Å². The molecule has 0 fully saturated rings. The topological polar surface area (TPSA) is 78.9 Å². The number of carbonyl (C=O) groups is 3. The van der Waals surface area contributed by atoms with Crippen molar-refractivity contribution < 1.29 is 28.6 Å². The summed E-state index contributed by atoms with van der Waals surface area (Å²) in [7, 11) is 0. The monoisotopic (exact) mass is 667 g/mol. The van der Waals surface area contributed by atoms with E-state index in [-0.39, 0.29) is 31.1 Å². The Bertz CT molecular complexity index is 719. The summed E-state index contributed by atoms with van der Waals surface area (Å²) in [6, 6.07) is 0. The zero-order valence-electron chi connectivity index (χ0n) is 31.9. The average Bonchev–Trinajstić information content (AvgIpc) is 3.03. The first-order valence-electron chi connectivity index (χ1n) is 20.2. The molecule has 0 radical (unpaired) electrons. The van der Waals surface area contributed by atoms with Crippen LogP contribution in [0.3, 0.4) is 0 Å². The lowest BCUT2D eigenvalue weighted by Crippen LogP contribution is -2.30. The second kappa shape index (κ2) is 34.3. The predicted molar refractivity (Wildman–Crippen MR) is 196 cm³/mol. The summed E-state index contributed by atoms with van der Waals surface area (Å²) in [5, 5.41) is 0. The van der Waals surface area contributed by atoms with Gasteiger partial charge in [-0.1, -0.05) is 176 Å². The van der Waals surface area contributed by atoms with E-state index < -0.39 is 6.10 Å². The molecule has 0 aliphatic heterocycles. The largest absolute Gasteiger partial charge is 0.462 e. The standard InChI is InChI=1S/C41H78O6/c1-6-7-8-19-26-31-39(42)45-34-38(35-46-40(43)32-27-22-18-17-21-25-30-37(4)5)47-41(44)33-28-23-16-14-12-10-9-11-13-15-20-24-29-36(2)3/h36-38H,6-35H2,1-5H3/t38-/m0/s1. The lowest BCUT2D eigenvalue weighted by Gasteiger charge is -2.18. The molecular weight excluding hydrogens is 588 g/mol. The van der Waals surface area contributed by atoms with E-state index in [1.807, 2.05) is 0 Å². The molecule has 278 valence electrons. The summed E-state index contributed by atoms with van der Waals surface area (Å²) in [6.07, 6.45) is 29.9. The Balaban J connectivity index is 4.22. The number of esters is 3. The molecule has 0 aliphatic carbocycles. The smallest absolute Gasteiger partial charge is 0.306 e. The van der Waals surface area contributed by atoms with Crippen LogP contribution in [0.5, 0.6) is 0 Å². The zero-order valence-corrected chi connectivity index (χ0v) is 31.9. The number of rotatable bonds is 35. The van der Waals surface area contributed by atoms with Crippen molar-refractivity contribution in [2.24, 2.45) is 11.8 Å². The van der Waals surface area contributed by atoms with E-state index >= 15 is 0 Å². The number of ether oxygens (including phenoxy) is 3. The molecule has 0 bridgehead atoms.